The molecule has 0 bridgehead atoms. The molecule has 33 heavy (non-hydrogen) atoms. The third kappa shape index (κ3) is 5.52. The Kier molecular flexibility index (Phi) is 6.41. The highest BCUT2D eigenvalue weighted by atomic mass is 19.4. The maximum Gasteiger partial charge on any atom is 0.490 e. The number of carboxylic acids is 1. The topological polar surface area (TPSA) is 118 Å². The van der Waals surface area contributed by atoms with Crippen LogP contribution in [0, 0.1) is 11.8 Å². The number of nitrogens with one attached hydrogen (secondary N) is 1. The van der Waals surface area contributed by atoms with E-state index in [1.165, 1.54) is 5.56 Å². The third-order valence-corrected chi connectivity index (χ3v) is 6.12. The number of likely N-dealkylation sites (tertiary alicyclic amines) is 1. The average Bonchev–Trinajstić information content (AvgIpc) is 3.13. The van der Waals surface area contributed by atoms with E-state index in [4.69, 9.17) is 9.90 Å². The molecule has 2 aliphatic heterocycles. The number of rotatable bonds is 5. The van der Waals surface area contributed by atoms with Crippen molar-refractivity contribution in [3.05, 3.63) is 29.6 Å². The Morgan fingerprint density at radius 2 is 1.88 bits per heavy atom. The SMILES string of the molecule is CCn1cc(CN2CC3Cc4nnc(C(=O)NC5CC5)n4CC3C2)cn1.O=C(O)C(F)(F)F. The summed E-state index contributed by atoms with van der Waals surface area (Å²) in [6.45, 7) is 6.95. The number of aliphatic carboxylic acids is 1. The zero-order valence-electron chi connectivity index (χ0n) is 18.1. The lowest BCUT2D eigenvalue weighted by atomic mass is 9.89. The van der Waals surface area contributed by atoms with Crippen molar-refractivity contribution in [2.45, 2.75) is 58.0 Å². The van der Waals surface area contributed by atoms with Crippen LogP contribution < -0.4 is 5.32 Å². The van der Waals surface area contributed by atoms with Gasteiger partial charge in [0.05, 0.1) is 6.20 Å². The van der Waals surface area contributed by atoms with E-state index in [0.29, 0.717) is 23.7 Å². The molecule has 4 heterocycles. The Labute approximate surface area is 187 Å². The number of hydrogen-bond donors (Lipinski definition) is 2. The number of amides is 1. The molecule has 2 unspecified atom stereocenters. The van der Waals surface area contributed by atoms with Gasteiger partial charge in [-0.15, -0.1) is 10.2 Å². The quantitative estimate of drug-likeness (QED) is 0.678. The predicted octanol–water partition coefficient (Wildman–Crippen LogP) is 1.32. The number of fused-ring (bicyclic) bond motifs is 2. The molecule has 0 spiro atoms. The third-order valence-electron chi connectivity index (χ3n) is 6.12. The van der Waals surface area contributed by atoms with E-state index < -0.39 is 12.1 Å². The van der Waals surface area contributed by atoms with Gasteiger partial charge < -0.3 is 15.0 Å². The lowest BCUT2D eigenvalue weighted by Gasteiger charge is -2.25. The van der Waals surface area contributed by atoms with Gasteiger partial charge in [-0.25, -0.2) is 4.79 Å². The lowest BCUT2D eigenvalue weighted by Crippen LogP contribution is -2.33. The monoisotopic (exact) mass is 469 g/mol. The van der Waals surface area contributed by atoms with E-state index in [2.05, 4.69) is 43.2 Å². The Morgan fingerprint density at radius 3 is 2.48 bits per heavy atom. The summed E-state index contributed by atoms with van der Waals surface area (Å²) in [6, 6.07) is 0.345. The van der Waals surface area contributed by atoms with Crippen LogP contribution in [0.2, 0.25) is 0 Å². The van der Waals surface area contributed by atoms with E-state index in [0.717, 1.165) is 57.8 Å². The molecule has 0 radical (unpaired) electrons. The van der Waals surface area contributed by atoms with Crippen LogP contribution in [0.3, 0.4) is 0 Å². The van der Waals surface area contributed by atoms with Crippen LogP contribution in [0.5, 0.6) is 0 Å². The summed E-state index contributed by atoms with van der Waals surface area (Å²) in [7, 11) is 0. The summed E-state index contributed by atoms with van der Waals surface area (Å²) in [4.78, 5) is 23.8. The summed E-state index contributed by atoms with van der Waals surface area (Å²) in [6.07, 6.45) is 2.11. The first-order chi connectivity index (χ1) is 15.6. The number of alkyl halides is 3. The minimum Gasteiger partial charge on any atom is -0.475 e. The molecule has 0 aromatic carbocycles. The van der Waals surface area contributed by atoms with Crippen LogP contribution >= 0.6 is 0 Å². The second-order valence-electron chi connectivity index (χ2n) is 8.72. The molecular formula is C20H26F3N7O3. The van der Waals surface area contributed by atoms with Gasteiger partial charge in [-0.1, -0.05) is 0 Å². The largest absolute Gasteiger partial charge is 0.490 e. The van der Waals surface area contributed by atoms with Gasteiger partial charge >= 0.3 is 12.1 Å². The zero-order valence-corrected chi connectivity index (χ0v) is 18.1. The van der Waals surface area contributed by atoms with Crippen molar-refractivity contribution >= 4 is 11.9 Å². The normalized spacial score (nSPS) is 22.2. The molecular weight excluding hydrogens is 443 g/mol. The highest BCUT2D eigenvalue weighted by molar-refractivity contribution is 5.91. The van der Waals surface area contributed by atoms with Gasteiger partial charge in [-0.3, -0.25) is 14.4 Å². The van der Waals surface area contributed by atoms with Crippen LogP contribution in [0.15, 0.2) is 12.4 Å². The number of carbonyl (C=O) groups excluding carboxylic acids is 1. The average molecular weight is 469 g/mol. The van der Waals surface area contributed by atoms with Crippen molar-refractivity contribution in [3.63, 3.8) is 0 Å². The Bertz CT molecular complexity index is 1010. The highest BCUT2D eigenvalue weighted by Crippen LogP contribution is 2.33. The summed E-state index contributed by atoms with van der Waals surface area (Å²) in [5, 5.41) is 23.0. The highest BCUT2D eigenvalue weighted by Gasteiger charge is 2.40. The zero-order chi connectivity index (χ0) is 23.8. The molecule has 2 aromatic heterocycles. The molecule has 5 rings (SSSR count). The fourth-order valence-electron chi connectivity index (χ4n) is 4.32. The number of carboxylic acid groups (broad SMARTS) is 1. The fraction of sp³-hybridized carbons (Fsp3) is 0.650. The van der Waals surface area contributed by atoms with Gasteiger partial charge in [0, 0.05) is 56.9 Å². The molecule has 2 aromatic rings. The standard InChI is InChI=1S/C18H25N7O.C2HF3O2/c1-2-24-8-12(6-19-24)7-23-9-13-5-16-21-22-17(18(26)20-15-3-4-15)25(16)11-14(13)10-23;3-2(4,5)1(6)7/h6,8,13-15H,2-5,7,9-11H2,1H3,(H,20,26);(H,6,7). The maximum absolute atomic E-state index is 12.4. The van der Waals surface area contributed by atoms with Crippen molar-refractivity contribution in [2.24, 2.45) is 11.8 Å². The Hall–Kier alpha value is -2.96. The van der Waals surface area contributed by atoms with Crippen LogP contribution in [0.4, 0.5) is 13.2 Å². The first-order valence-corrected chi connectivity index (χ1v) is 10.9. The summed E-state index contributed by atoms with van der Waals surface area (Å²) in [5.74, 6) is -0.195. The van der Waals surface area contributed by atoms with Gasteiger partial charge in [0.1, 0.15) is 5.82 Å². The molecule has 2 fully saturated rings. The molecule has 3 aliphatic rings. The Morgan fingerprint density at radius 1 is 1.18 bits per heavy atom. The van der Waals surface area contributed by atoms with Crippen LogP contribution in [0.25, 0.3) is 0 Å². The van der Waals surface area contributed by atoms with Crippen molar-refractivity contribution in [1.29, 1.82) is 0 Å². The molecule has 10 nitrogen and oxygen atoms in total. The second kappa shape index (κ2) is 9.12. The lowest BCUT2D eigenvalue weighted by molar-refractivity contribution is -0.192. The smallest absolute Gasteiger partial charge is 0.475 e. The first kappa shape index (κ1) is 23.2. The van der Waals surface area contributed by atoms with Gasteiger partial charge in [0.2, 0.25) is 5.82 Å². The van der Waals surface area contributed by atoms with Gasteiger partial charge in [-0.2, -0.15) is 18.3 Å². The second-order valence-corrected chi connectivity index (χ2v) is 8.72. The molecule has 13 heteroatoms. The van der Waals surface area contributed by atoms with E-state index in [1.807, 2.05) is 10.9 Å². The molecule has 2 atom stereocenters. The van der Waals surface area contributed by atoms with E-state index in [1.54, 1.807) is 0 Å². The first-order valence-electron chi connectivity index (χ1n) is 10.9. The minimum atomic E-state index is -5.08. The van der Waals surface area contributed by atoms with Crippen LogP contribution in [0.1, 0.15) is 41.8 Å². The van der Waals surface area contributed by atoms with E-state index in [9.17, 15) is 18.0 Å². The van der Waals surface area contributed by atoms with Crippen molar-refractivity contribution in [3.8, 4) is 0 Å². The fourth-order valence-corrected chi connectivity index (χ4v) is 4.32. The van der Waals surface area contributed by atoms with E-state index >= 15 is 0 Å². The maximum atomic E-state index is 12.4. The summed E-state index contributed by atoms with van der Waals surface area (Å²) < 4.78 is 35.8. The van der Waals surface area contributed by atoms with Gasteiger partial charge in [-0.05, 0) is 31.6 Å². The molecule has 1 aliphatic carbocycles. The minimum absolute atomic E-state index is 0.0634. The van der Waals surface area contributed by atoms with Gasteiger partial charge in [0.15, 0.2) is 0 Å². The van der Waals surface area contributed by atoms with Crippen LogP contribution in [-0.2, 0) is 30.8 Å². The van der Waals surface area contributed by atoms with Crippen LogP contribution in [-0.4, -0.2) is 71.7 Å². The summed E-state index contributed by atoms with van der Waals surface area (Å²) >= 11 is 0. The number of halogens is 3. The molecule has 2 N–H and O–H groups in total. The van der Waals surface area contributed by atoms with Crippen molar-refractivity contribution in [1.82, 2.24) is 34.8 Å². The number of hydrogen-bond acceptors (Lipinski definition) is 6. The number of aryl methyl sites for hydroxylation is 1. The number of aromatic nitrogens is 5. The summed E-state index contributed by atoms with van der Waals surface area (Å²) in [5.41, 5.74) is 1.27. The number of carbonyl (C=O) groups is 2. The molecule has 180 valence electrons. The van der Waals surface area contributed by atoms with Crippen molar-refractivity contribution < 1.29 is 27.9 Å². The molecule has 1 saturated carbocycles. The molecule has 1 amide bonds. The number of nitrogens with zero attached hydrogens (tertiary/aromatic N) is 6. The van der Waals surface area contributed by atoms with Gasteiger partial charge in [0.25, 0.3) is 5.91 Å². The molecule has 1 saturated heterocycles. The Balaban J connectivity index is 0.000000325. The van der Waals surface area contributed by atoms with Crippen molar-refractivity contribution in [2.75, 3.05) is 13.1 Å². The van der Waals surface area contributed by atoms with E-state index in [-0.39, 0.29) is 5.91 Å². The predicted molar refractivity (Wildman–Crippen MR) is 108 cm³/mol.